The van der Waals surface area contributed by atoms with Gasteiger partial charge in [0.15, 0.2) is 0 Å². The van der Waals surface area contributed by atoms with Crippen LogP contribution in [0.5, 0.6) is 0 Å². The summed E-state index contributed by atoms with van der Waals surface area (Å²) in [5.41, 5.74) is 7.51. The molecule has 0 aliphatic heterocycles. The maximum atomic E-state index is 6.38. The largest absolute Gasteiger partial charge is 0.319 e. The van der Waals surface area contributed by atoms with E-state index < -0.39 is 0 Å². The molecule has 1 aromatic rings. The Morgan fingerprint density at radius 2 is 2.20 bits per heavy atom. The zero-order valence-corrected chi connectivity index (χ0v) is 10.4. The van der Waals surface area contributed by atoms with E-state index in [9.17, 15) is 0 Å². The van der Waals surface area contributed by atoms with Crippen LogP contribution in [0.25, 0.3) is 0 Å². The van der Waals surface area contributed by atoms with Gasteiger partial charge in [0.2, 0.25) is 0 Å². The average molecular weight is 224 g/mol. The van der Waals surface area contributed by atoms with Crippen LogP contribution in [0.15, 0.2) is 5.38 Å². The van der Waals surface area contributed by atoms with Gasteiger partial charge >= 0.3 is 0 Å². The fraction of sp³-hybridized carbons (Fsp3) is 0.750. The van der Waals surface area contributed by atoms with Crippen LogP contribution in [0.4, 0.5) is 0 Å². The van der Waals surface area contributed by atoms with Crippen molar-refractivity contribution in [1.29, 1.82) is 0 Å². The van der Waals surface area contributed by atoms with E-state index in [1.165, 1.54) is 18.5 Å². The van der Waals surface area contributed by atoms with Crippen LogP contribution in [0, 0.1) is 0 Å². The highest BCUT2D eigenvalue weighted by molar-refractivity contribution is 7.09. The van der Waals surface area contributed by atoms with Gasteiger partial charge in [-0.25, -0.2) is 4.98 Å². The van der Waals surface area contributed by atoms with Gasteiger partial charge in [0.25, 0.3) is 0 Å². The minimum Gasteiger partial charge on any atom is -0.319 e. The average Bonchev–Trinajstić information content (AvgIpc) is 2.85. The smallest absolute Gasteiger partial charge is 0.113 e. The third kappa shape index (κ3) is 2.08. The molecule has 84 valence electrons. The number of rotatable bonds is 3. The lowest BCUT2D eigenvalue weighted by molar-refractivity contribution is 0.457. The van der Waals surface area contributed by atoms with Crippen molar-refractivity contribution in [2.45, 2.75) is 57.4 Å². The number of thiazole rings is 1. The van der Waals surface area contributed by atoms with Gasteiger partial charge in [0.1, 0.15) is 5.01 Å². The summed E-state index contributed by atoms with van der Waals surface area (Å²) in [5, 5.41) is 3.35. The van der Waals surface area contributed by atoms with Crippen LogP contribution in [-0.2, 0) is 5.54 Å². The molecule has 3 heteroatoms. The molecular weight excluding hydrogens is 204 g/mol. The third-order valence-electron chi connectivity index (χ3n) is 3.56. The van der Waals surface area contributed by atoms with Crippen LogP contribution in [0.1, 0.15) is 62.6 Å². The molecule has 1 unspecified atom stereocenters. The number of aromatic nitrogens is 1. The molecule has 0 saturated heterocycles. The lowest BCUT2D eigenvalue weighted by Crippen LogP contribution is -2.32. The van der Waals surface area contributed by atoms with E-state index in [1.807, 2.05) is 0 Å². The van der Waals surface area contributed by atoms with Gasteiger partial charge in [-0.1, -0.05) is 26.7 Å². The van der Waals surface area contributed by atoms with Crippen molar-refractivity contribution >= 4 is 11.3 Å². The molecule has 0 bridgehead atoms. The summed E-state index contributed by atoms with van der Waals surface area (Å²) < 4.78 is 0. The second kappa shape index (κ2) is 4.22. The summed E-state index contributed by atoms with van der Waals surface area (Å²) >= 11 is 1.75. The summed E-state index contributed by atoms with van der Waals surface area (Å²) in [4.78, 5) is 4.73. The number of nitrogens with two attached hydrogens (primary N) is 1. The Morgan fingerprint density at radius 1 is 1.53 bits per heavy atom. The van der Waals surface area contributed by atoms with Crippen molar-refractivity contribution in [3.63, 3.8) is 0 Å². The van der Waals surface area contributed by atoms with Gasteiger partial charge in [0.05, 0.1) is 11.2 Å². The van der Waals surface area contributed by atoms with Gasteiger partial charge in [-0.2, -0.15) is 0 Å². The van der Waals surface area contributed by atoms with Crippen LogP contribution in [0.3, 0.4) is 0 Å². The maximum Gasteiger partial charge on any atom is 0.113 e. The second-order valence-corrected chi connectivity index (χ2v) is 5.61. The molecule has 1 saturated carbocycles. The number of hydrogen-bond acceptors (Lipinski definition) is 3. The first-order chi connectivity index (χ1) is 7.15. The Kier molecular flexibility index (Phi) is 3.12. The quantitative estimate of drug-likeness (QED) is 0.854. The molecule has 0 aromatic carbocycles. The van der Waals surface area contributed by atoms with Crippen LogP contribution in [-0.4, -0.2) is 4.98 Å². The SMILES string of the molecule is CCC(C)c1csc(C2(N)CCCC2)n1. The van der Waals surface area contributed by atoms with E-state index >= 15 is 0 Å². The van der Waals surface area contributed by atoms with Gasteiger partial charge < -0.3 is 5.73 Å². The normalized spacial score (nSPS) is 21.8. The highest BCUT2D eigenvalue weighted by Crippen LogP contribution is 2.38. The summed E-state index contributed by atoms with van der Waals surface area (Å²) in [6.07, 6.45) is 5.89. The summed E-state index contributed by atoms with van der Waals surface area (Å²) in [6, 6.07) is 0. The van der Waals surface area contributed by atoms with E-state index in [1.54, 1.807) is 11.3 Å². The molecule has 2 rings (SSSR count). The Labute approximate surface area is 95.9 Å². The predicted molar refractivity (Wildman–Crippen MR) is 65.2 cm³/mol. The fourth-order valence-corrected chi connectivity index (χ4v) is 3.28. The lowest BCUT2D eigenvalue weighted by atomic mass is 10.00. The van der Waals surface area contributed by atoms with Crippen LogP contribution >= 0.6 is 11.3 Å². The minimum absolute atomic E-state index is 0.101. The standard InChI is InChI=1S/C12H20N2S/c1-3-9(2)10-8-15-11(14-10)12(13)6-4-5-7-12/h8-9H,3-7,13H2,1-2H3. The number of nitrogens with zero attached hydrogens (tertiary/aromatic N) is 1. The van der Waals surface area contributed by atoms with E-state index in [-0.39, 0.29) is 5.54 Å². The Morgan fingerprint density at radius 3 is 2.80 bits per heavy atom. The maximum absolute atomic E-state index is 6.38. The molecule has 2 nitrogen and oxygen atoms in total. The molecule has 1 aliphatic carbocycles. The van der Waals surface area contributed by atoms with E-state index in [0.29, 0.717) is 5.92 Å². The van der Waals surface area contributed by atoms with Crippen LogP contribution < -0.4 is 5.73 Å². The van der Waals surface area contributed by atoms with Gasteiger partial charge in [-0.15, -0.1) is 11.3 Å². The first-order valence-corrected chi connectivity index (χ1v) is 6.78. The van der Waals surface area contributed by atoms with Gasteiger partial charge in [-0.05, 0) is 25.2 Å². The third-order valence-corrected chi connectivity index (χ3v) is 4.64. The van der Waals surface area contributed by atoms with E-state index in [0.717, 1.165) is 24.3 Å². The highest BCUT2D eigenvalue weighted by Gasteiger charge is 2.34. The molecule has 1 aliphatic rings. The first-order valence-electron chi connectivity index (χ1n) is 5.90. The molecular formula is C12H20N2S. The monoisotopic (exact) mass is 224 g/mol. The lowest BCUT2D eigenvalue weighted by Gasteiger charge is -2.20. The summed E-state index contributed by atoms with van der Waals surface area (Å²) in [5.74, 6) is 0.569. The summed E-state index contributed by atoms with van der Waals surface area (Å²) in [7, 11) is 0. The van der Waals surface area contributed by atoms with Crippen LogP contribution in [0.2, 0.25) is 0 Å². The van der Waals surface area contributed by atoms with Crippen molar-refractivity contribution in [3.8, 4) is 0 Å². The topological polar surface area (TPSA) is 38.9 Å². The van der Waals surface area contributed by atoms with Crippen molar-refractivity contribution in [3.05, 3.63) is 16.1 Å². The van der Waals surface area contributed by atoms with Crippen molar-refractivity contribution in [1.82, 2.24) is 4.98 Å². The molecule has 0 radical (unpaired) electrons. The highest BCUT2D eigenvalue weighted by atomic mass is 32.1. The molecule has 0 spiro atoms. The molecule has 1 atom stereocenters. The van der Waals surface area contributed by atoms with E-state index in [2.05, 4.69) is 19.2 Å². The van der Waals surface area contributed by atoms with E-state index in [4.69, 9.17) is 10.7 Å². The molecule has 1 heterocycles. The molecule has 0 amide bonds. The zero-order valence-electron chi connectivity index (χ0n) is 9.62. The van der Waals surface area contributed by atoms with Gasteiger partial charge in [-0.3, -0.25) is 0 Å². The Balaban J connectivity index is 2.19. The zero-order chi connectivity index (χ0) is 10.9. The fourth-order valence-electron chi connectivity index (χ4n) is 2.17. The van der Waals surface area contributed by atoms with Crippen molar-refractivity contribution in [2.75, 3.05) is 0 Å². The number of hydrogen-bond donors (Lipinski definition) is 1. The molecule has 15 heavy (non-hydrogen) atoms. The molecule has 1 aromatic heterocycles. The molecule has 1 fully saturated rings. The van der Waals surface area contributed by atoms with Crippen molar-refractivity contribution < 1.29 is 0 Å². The minimum atomic E-state index is -0.101. The Bertz CT molecular complexity index is 326. The van der Waals surface area contributed by atoms with Crippen molar-refractivity contribution in [2.24, 2.45) is 5.73 Å². The Hall–Kier alpha value is -0.410. The first kappa shape index (κ1) is 11.1. The second-order valence-electron chi connectivity index (χ2n) is 4.75. The van der Waals surface area contributed by atoms with Gasteiger partial charge in [0, 0.05) is 5.38 Å². The molecule has 2 N–H and O–H groups in total. The predicted octanol–water partition coefficient (Wildman–Crippen LogP) is 3.38. The summed E-state index contributed by atoms with van der Waals surface area (Å²) in [6.45, 7) is 4.44.